The summed E-state index contributed by atoms with van der Waals surface area (Å²) in [5, 5.41) is 11.6. The number of hydrogen-bond acceptors (Lipinski definition) is 3. The number of benzene rings is 1. The Morgan fingerprint density at radius 3 is 2.81 bits per heavy atom. The van der Waals surface area contributed by atoms with E-state index >= 15 is 0 Å². The second-order valence-corrected chi connectivity index (χ2v) is 5.32. The van der Waals surface area contributed by atoms with Gasteiger partial charge >= 0.3 is 5.97 Å². The van der Waals surface area contributed by atoms with Gasteiger partial charge in [-0.2, -0.15) is 0 Å². The summed E-state index contributed by atoms with van der Waals surface area (Å²) in [6, 6.07) is 5.80. The molecule has 0 saturated carbocycles. The number of amides is 2. The van der Waals surface area contributed by atoms with Crippen molar-refractivity contribution in [1.82, 2.24) is 5.32 Å². The lowest BCUT2D eigenvalue weighted by molar-refractivity contribution is -0.143. The van der Waals surface area contributed by atoms with Crippen LogP contribution in [0.15, 0.2) is 24.3 Å². The van der Waals surface area contributed by atoms with Gasteiger partial charge in [0.15, 0.2) is 0 Å². The number of carbonyl (C=O) groups is 3. The van der Waals surface area contributed by atoms with E-state index in [-0.39, 0.29) is 5.91 Å². The van der Waals surface area contributed by atoms with Crippen molar-refractivity contribution in [1.29, 1.82) is 0 Å². The molecular formula is C14H15ClN2O4. The maximum Gasteiger partial charge on any atom is 0.325 e. The molecule has 1 fully saturated rings. The van der Waals surface area contributed by atoms with Gasteiger partial charge < -0.3 is 15.3 Å². The molecule has 0 radical (unpaired) electrons. The molecule has 0 bridgehead atoms. The van der Waals surface area contributed by atoms with E-state index < -0.39 is 23.8 Å². The van der Waals surface area contributed by atoms with Crippen molar-refractivity contribution in [3.05, 3.63) is 29.3 Å². The second-order valence-electron chi connectivity index (χ2n) is 4.88. The van der Waals surface area contributed by atoms with Gasteiger partial charge in [0.2, 0.25) is 11.8 Å². The van der Waals surface area contributed by atoms with E-state index in [1.165, 1.54) is 11.8 Å². The summed E-state index contributed by atoms with van der Waals surface area (Å²) in [5.74, 6) is -2.89. The molecule has 2 atom stereocenters. The molecule has 1 aromatic carbocycles. The number of aliphatic carboxylic acids is 1. The molecule has 1 saturated heterocycles. The van der Waals surface area contributed by atoms with Gasteiger partial charge in [0.25, 0.3) is 0 Å². The summed E-state index contributed by atoms with van der Waals surface area (Å²) in [4.78, 5) is 36.5. The number of carbonyl (C=O) groups excluding carboxylic acids is 2. The molecule has 0 aliphatic carbocycles. The first-order valence-electron chi connectivity index (χ1n) is 6.50. The average molecular weight is 311 g/mol. The quantitative estimate of drug-likeness (QED) is 0.820. The van der Waals surface area contributed by atoms with E-state index in [0.29, 0.717) is 23.7 Å². The van der Waals surface area contributed by atoms with Gasteiger partial charge in [-0.3, -0.25) is 14.4 Å². The molecule has 1 unspecified atom stereocenters. The lowest BCUT2D eigenvalue weighted by atomic mass is 10.1. The molecule has 112 valence electrons. The van der Waals surface area contributed by atoms with Crippen LogP contribution in [-0.4, -0.2) is 35.5 Å². The number of halogens is 1. The summed E-state index contributed by atoms with van der Waals surface area (Å²) in [7, 11) is 0. The summed E-state index contributed by atoms with van der Waals surface area (Å²) < 4.78 is 0. The molecule has 7 heteroatoms. The van der Waals surface area contributed by atoms with Crippen molar-refractivity contribution in [2.75, 3.05) is 11.4 Å². The van der Waals surface area contributed by atoms with Crippen molar-refractivity contribution in [2.24, 2.45) is 5.92 Å². The maximum absolute atomic E-state index is 12.3. The summed E-state index contributed by atoms with van der Waals surface area (Å²) >= 11 is 5.89. The minimum absolute atomic E-state index is 0.340. The molecule has 0 aromatic heterocycles. The number of carboxylic acids is 1. The molecule has 2 N–H and O–H groups in total. The summed E-state index contributed by atoms with van der Waals surface area (Å²) in [6.07, 6.45) is 0.351. The van der Waals surface area contributed by atoms with Gasteiger partial charge in [0.05, 0.1) is 0 Å². The van der Waals surface area contributed by atoms with Crippen molar-refractivity contribution in [2.45, 2.75) is 19.4 Å². The van der Waals surface area contributed by atoms with E-state index in [1.807, 2.05) is 0 Å². The highest BCUT2D eigenvalue weighted by molar-refractivity contribution is 6.31. The van der Waals surface area contributed by atoms with Crippen LogP contribution < -0.4 is 10.2 Å². The Bertz CT molecular complexity index is 590. The van der Waals surface area contributed by atoms with E-state index in [1.54, 1.807) is 24.3 Å². The summed E-state index contributed by atoms with van der Waals surface area (Å²) in [5.41, 5.74) is 0.633. The van der Waals surface area contributed by atoms with Crippen molar-refractivity contribution >= 4 is 35.1 Å². The minimum atomic E-state index is -1.14. The highest BCUT2D eigenvalue weighted by Crippen LogP contribution is 2.27. The molecule has 2 rings (SSSR count). The van der Waals surface area contributed by atoms with E-state index in [9.17, 15) is 14.4 Å². The topological polar surface area (TPSA) is 86.7 Å². The molecule has 6 nitrogen and oxygen atoms in total. The third kappa shape index (κ3) is 3.33. The van der Waals surface area contributed by atoms with Crippen LogP contribution in [0.5, 0.6) is 0 Å². The standard InChI is InChI=1S/C14H15ClN2O4/c1-8(14(20)21)16-12(18)11-5-6-17(13(11)19)10-4-2-3-9(15)7-10/h2-4,7-8,11H,5-6H2,1H3,(H,16,18)(H,20,21)/t8-,11?/m0/s1. The van der Waals surface area contributed by atoms with Crippen LogP contribution in [0.1, 0.15) is 13.3 Å². The Hall–Kier alpha value is -2.08. The van der Waals surface area contributed by atoms with Gasteiger partial charge in [-0.1, -0.05) is 17.7 Å². The van der Waals surface area contributed by atoms with Crippen LogP contribution in [0.25, 0.3) is 0 Å². The predicted octanol–water partition coefficient (Wildman–Crippen LogP) is 1.28. The van der Waals surface area contributed by atoms with E-state index in [0.717, 1.165) is 0 Å². The maximum atomic E-state index is 12.3. The Balaban J connectivity index is 2.08. The molecule has 1 aliphatic heterocycles. The summed E-state index contributed by atoms with van der Waals surface area (Å²) in [6.45, 7) is 1.76. The average Bonchev–Trinajstić information content (AvgIpc) is 2.80. The van der Waals surface area contributed by atoms with Crippen molar-refractivity contribution in [3.8, 4) is 0 Å². The van der Waals surface area contributed by atoms with Crippen LogP contribution in [0.2, 0.25) is 5.02 Å². The molecule has 0 spiro atoms. The number of nitrogens with one attached hydrogen (secondary N) is 1. The van der Waals surface area contributed by atoms with Gasteiger partial charge in [-0.15, -0.1) is 0 Å². The molecule has 1 heterocycles. The highest BCUT2D eigenvalue weighted by Gasteiger charge is 2.38. The Morgan fingerprint density at radius 2 is 2.19 bits per heavy atom. The zero-order chi connectivity index (χ0) is 15.6. The fraction of sp³-hybridized carbons (Fsp3) is 0.357. The fourth-order valence-corrected chi connectivity index (χ4v) is 2.38. The van der Waals surface area contributed by atoms with Crippen LogP contribution in [0.3, 0.4) is 0 Å². The minimum Gasteiger partial charge on any atom is -0.480 e. The van der Waals surface area contributed by atoms with Gasteiger partial charge in [0.1, 0.15) is 12.0 Å². The molecule has 21 heavy (non-hydrogen) atoms. The second kappa shape index (κ2) is 6.13. The van der Waals surface area contributed by atoms with E-state index in [4.69, 9.17) is 16.7 Å². The highest BCUT2D eigenvalue weighted by atomic mass is 35.5. The van der Waals surface area contributed by atoms with Gasteiger partial charge in [-0.05, 0) is 31.5 Å². The normalized spacial score (nSPS) is 19.4. The molecular weight excluding hydrogens is 296 g/mol. The number of anilines is 1. The number of rotatable bonds is 4. The number of nitrogens with zero attached hydrogens (tertiary/aromatic N) is 1. The fourth-order valence-electron chi connectivity index (χ4n) is 2.20. The van der Waals surface area contributed by atoms with Crippen LogP contribution in [0.4, 0.5) is 5.69 Å². The van der Waals surface area contributed by atoms with Crippen molar-refractivity contribution in [3.63, 3.8) is 0 Å². The first kappa shape index (κ1) is 15.3. The number of carboxylic acid groups (broad SMARTS) is 1. The van der Waals surface area contributed by atoms with Gasteiger partial charge in [0, 0.05) is 17.3 Å². The molecule has 1 aromatic rings. The number of hydrogen-bond donors (Lipinski definition) is 2. The van der Waals surface area contributed by atoms with E-state index in [2.05, 4.69) is 5.32 Å². The smallest absolute Gasteiger partial charge is 0.325 e. The van der Waals surface area contributed by atoms with Crippen LogP contribution in [-0.2, 0) is 14.4 Å². The van der Waals surface area contributed by atoms with Crippen LogP contribution >= 0.6 is 11.6 Å². The molecule has 2 amide bonds. The monoisotopic (exact) mass is 310 g/mol. The lowest BCUT2D eigenvalue weighted by Gasteiger charge is -2.17. The largest absolute Gasteiger partial charge is 0.480 e. The predicted molar refractivity (Wildman–Crippen MR) is 77.2 cm³/mol. The SMILES string of the molecule is C[C@H](NC(=O)C1CCN(c2cccc(Cl)c2)C1=O)C(=O)O. The van der Waals surface area contributed by atoms with Gasteiger partial charge in [-0.25, -0.2) is 0 Å². The first-order chi connectivity index (χ1) is 9.90. The van der Waals surface area contributed by atoms with Crippen molar-refractivity contribution < 1.29 is 19.5 Å². The third-order valence-corrected chi connectivity index (χ3v) is 3.61. The molecule has 1 aliphatic rings. The Morgan fingerprint density at radius 1 is 1.48 bits per heavy atom. The zero-order valence-electron chi connectivity index (χ0n) is 11.4. The Kier molecular flexibility index (Phi) is 4.47. The third-order valence-electron chi connectivity index (χ3n) is 3.37. The van der Waals surface area contributed by atoms with Crippen LogP contribution in [0, 0.1) is 5.92 Å². The lowest BCUT2D eigenvalue weighted by Crippen LogP contribution is -2.44. The Labute approximate surface area is 126 Å². The first-order valence-corrected chi connectivity index (χ1v) is 6.88. The zero-order valence-corrected chi connectivity index (χ0v) is 12.1.